The lowest BCUT2D eigenvalue weighted by Crippen LogP contribution is -2.29. The zero-order valence-corrected chi connectivity index (χ0v) is 15.3. The monoisotopic (exact) mass is 382 g/mol. The lowest BCUT2D eigenvalue weighted by atomic mass is 9.94. The van der Waals surface area contributed by atoms with Gasteiger partial charge < -0.3 is 5.32 Å². The van der Waals surface area contributed by atoms with E-state index in [1.165, 1.54) is 11.3 Å². The molecule has 0 radical (unpaired) electrons. The van der Waals surface area contributed by atoms with Crippen LogP contribution in [0.2, 0.25) is 0 Å². The second-order valence-corrected chi connectivity index (χ2v) is 6.82. The van der Waals surface area contributed by atoms with E-state index in [-0.39, 0.29) is 5.56 Å². The molecule has 4 rings (SSSR count). The Morgan fingerprint density at radius 2 is 1.89 bits per heavy atom. The van der Waals surface area contributed by atoms with Gasteiger partial charge in [0.2, 0.25) is 0 Å². The Morgan fingerprint density at radius 3 is 2.68 bits per heavy atom. The number of hydrogen-bond donors (Lipinski definition) is 1. The molecule has 0 atom stereocenters. The summed E-state index contributed by atoms with van der Waals surface area (Å²) in [5.74, 6) is -2.14. The van der Waals surface area contributed by atoms with Crippen LogP contribution in [0.5, 0.6) is 0 Å². The summed E-state index contributed by atoms with van der Waals surface area (Å²) >= 11 is 0. The van der Waals surface area contributed by atoms with Crippen molar-refractivity contribution in [2.75, 3.05) is 6.54 Å². The minimum absolute atomic E-state index is 0.165. The maximum Gasteiger partial charge on any atom is 0.254 e. The van der Waals surface area contributed by atoms with Crippen molar-refractivity contribution in [3.63, 3.8) is 0 Å². The van der Waals surface area contributed by atoms with Crippen molar-refractivity contribution >= 4 is 5.91 Å². The van der Waals surface area contributed by atoms with Gasteiger partial charge in [-0.05, 0) is 49.9 Å². The average molecular weight is 382 g/mol. The average Bonchev–Trinajstić information content (AvgIpc) is 3.07. The number of nitrogens with zero attached hydrogens (tertiary/aromatic N) is 3. The Labute approximate surface area is 161 Å². The van der Waals surface area contributed by atoms with Crippen LogP contribution in [-0.2, 0) is 19.4 Å². The van der Waals surface area contributed by atoms with E-state index in [0.717, 1.165) is 49.1 Å². The van der Waals surface area contributed by atoms with Crippen LogP contribution in [0.15, 0.2) is 42.7 Å². The van der Waals surface area contributed by atoms with E-state index in [9.17, 15) is 13.6 Å². The van der Waals surface area contributed by atoms with Gasteiger partial charge in [0.15, 0.2) is 0 Å². The van der Waals surface area contributed by atoms with Crippen LogP contribution in [0.4, 0.5) is 8.78 Å². The molecular formula is C21H20F2N4O. The van der Waals surface area contributed by atoms with Crippen molar-refractivity contribution < 1.29 is 13.6 Å². The normalized spacial score (nSPS) is 13.2. The largest absolute Gasteiger partial charge is 0.350 e. The van der Waals surface area contributed by atoms with Crippen LogP contribution in [-0.4, -0.2) is 27.2 Å². The summed E-state index contributed by atoms with van der Waals surface area (Å²) in [5, 5.41) is 7.47. The highest BCUT2D eigenvalue weighted by Gasteiger charge is 2.21. The minimum Gasteiger partial charge on any atom is -0.350 e. The molecular weight excluding hydrogens is 362 g/mol. The van der Waals surface area contributed by atoms with Crippen LogP contribution in [0, 0.1) is 11.6 Å². The number of hydrogen-bond acceptors (Lipinski definition) is 3. The van der Waals surface area contributed by atoms with Crippen molar-refractivity contribution in [1.29, 1.82) is 0 Å². The van der Waals surface area contributed by atoms with E-state index in [0.29, 0.717) is 19.2 Å². The molecule has 28 heavy (non-hydrogen) atoms. The fourth-order valence-corrected chi connectivity index (χ4v) is 3.64. The number of halogens is 2. The summed E-state index contributed by atoms with van der Waals surface area (Å²) in [5.41, 5.74) is 4.28. The van der Waals surface area contributed by atoms with E-state index in [2.05, 4.69) is 10.3 Å². The Hall–Kier alpha value is -3.09. The van der Waals surface area contributed by atoms with Crippen LogP contribution >= 0.6 is 0 Å². The van der Waals surface area contributed by atoms with Crippen molar-refractivity contribution in [2.45, 2.75) is 32.2 Å². The highest BCUT2D eigenvalue weighted by molar-refractivity contribution is 5.94. The molecule has 1 aliphatic carbocycles. The first kappa shape index (κ1) is 18.3. The van der Waals surface area contributed by atoms with Crippen LogP contribution in [0.3, 0.4) is 0 Å². The van der Waals surface area contributed by atoms with Gasteiger partial charge in [0, 0.05) is 41.8 Å². The highest BCUT2D eigenvalue weighted by atomic mass is 19.1. The number of fused-ring (bicyclic) bond motifs is 1. The van der Waals surface area contributed by atoms with Gasteiger partial charge in [-0.3, -0.25) is 14.5 Å². The lowest BCUT2D eigenvalue weighted by Gasteiger charge is -2.14. The fourth-order valence-electron chi connectivity index (χ4n) is 3.64. The van der Waals surface area contributed by atoms with Gasteiger partial charge in [0.05, 0.1) is 17.8 Å². The van der Waals surface area contributed by atoms with Crippen molar-refractivity contribution in [3.8, 4) is 11.3 Å². The summed E-state index contributed by atoms with van der Waals surface area (Å²) in [6, 6.07) is 6.82. The first-order valence-electron chi connectivity index (χ1n) is 9.35. The lowest BCUT2D eigenvalue weighted by molar-refractivity contribution is 0.0947. The molecule has 0 saturated heterocycles. The van der Waals surface area contributed by atoms with Crippen molar-refractivity contribution in [2.24, 2.45) is 0 Å². The number of pyridine rings is 1. The summed E-state index contributed by atoms with van der Waals surface area (Å²) in [6.07, 6.45) is 7.69. The molecule has 7 heteroatoms. The molecule has 0 aliphatic heterocycles. The van der Waals surface area contributed by atoms with E-state index in [1.807, 2.05) is 16.8 Å². The van der Waals surface area contributed by atoms with Gasteiger partial charge in [-0.25, -0.2) is 8.78 Å². The van der Waals surface area contributed by atoms with Crippen LogP contribution < -0.4 is 5.32 Å². The maximum atomic E-state index is 13.7. The Balaban J connectivity index is 1.49. The van der Waals surface area contributed by atoms with E-state index >= 15 is 0 Å². The smallest absolute Gasteiger partial charge is 0.254 e. The molecule has 0 bridgehead atoms. The molecule has 3 aromatic rings. The van der Waals surface area contributed by atoms with Gasteiger partial charge in [-0.1, -0.05) is 0 Å². The molecule has 0 saturated carbocycles. The van der Waals surface area contributed by atoms with Gasteiger partial charge >= 0.3 is 0 Å². The van der Waals surface area contributed by atoms with Gasteiger partial charge in [0.25, 0.3) is 5.91 Å². The third kappa shape index (κ3) is 3.65. The summed E-state index contributed by atoms with van der Waals surface area (Å²) < 4.78 is 28.7. The minimum atomic E-state index is -0.867. The predicted molar refractivity (Wildman–Crippen MR) is 101 cm³/mol. The van der Waals surface area contributed by atoms with Gasteiger partial charge in [0.1, 0.15) is 11.6 Å². The first-order chi connectivity index (χ1) is 13.6. The molecule has 144 valence electrons. The molecule has 1 N–H and O–H groups in total. The third-order valence-corrected chi connectivity index (χ3v) is 5.00. The maximum absolute atomic E-state index is 13.7. The standard InChI is InChI=1S/C21H20F2N4O/c22-15-5-6-16(18(23)13-15)21(28)25-11-12-27-19-4-2-1-3-17(19)20(26-27)14-7-9-24-10-8-14/h5-10,13H,1-4,11-12H2,(H,25,28). The number of carbonyl (C=O) groups is 1. The summed E-state index contributed by atoms with van der Waals surface area (Å²) in [7, 11) is 0. The predicted octanol–water partition coefficient (Wildman–Crippen LogP) is 3.53. The molecule has 5 nitrogen and oxygen atoms in total. The van der Waals surface area contributed by atoms with E-state index in [1.54, 1.807) is 12.4 Å². The fraction of sp³-hybridized carbons (Fsp3) is 0.286. The van der Waals surface area contributed by atoms with E-state index in [4.69, 9.17) is 5.10 Å². The highest BCUT2D eigenvalue weighted by Crippen LogP contribution is 2.30. The number of nitrogens with one attached hydrogen (secondary N) is 1. The van der Waals surface area contributed by atoms with E-state index < -0.39 is 17.5 Å². The van der Waals surface area contributed by atoms with Crippen molar-refractivity contribution in [3.05, 3.63) is 71.2 Å². The molecule has 2 aromatic heterocycles. The quantitative estimate of drug-likeness (QED) is 0.734. The van der Waals surface area contributed by atoms with Crippen LogP contribution in [0.1, 0.15) is 34.5 Å². The van der Waals surface area contributed by atoms with Crippen molar-refractivity contribution in [1.82, 2.24) is 20.1 Å². The topological polar surface area (TPSA) is 59.8 Å². The molecule has 1 aromatic carbocycles. The molecule has 1 amide bonds. The number of amides is 1. The zero-order chi connectivity index (χ0) is 19.5. The summed E-state index contributed by atoms with van der Waals surface area (Å²) in [6.45, 7) is 0.793. The zero-order valence-electron chi connectivity index (χ0n) is 15.3. The number of benzene rings is 1. The van der Waals surface area contributed by atoms with Gasteiger partial charge in [-0.2, -0.15) is 5.10 Å². The molecule has 2 heterocycles. The Kier molecular flexibility index (Phi) is 5.14. The summed E-state index contributed by atoms with van der Waals surface area (Å²) in [4.78, 5) is 16.2. The SMILES string of the molecule is O=C(NCCn1nc(-c2ccncc2)c2c1CCCC2)c1ccc(F)cc1F. The Morgan fingerprint density at radius 1 is 1.11 bits per heavy atom. The number of aromatic nitrogens is 3. The second kappa shape index (κ2) is 7.88. The van der Waals surface area contributed by atoms with Gasteiger partial charge in [-0.15, -0.1) is 0 Å². The number of rotatable bonds is 5. The number of carbonyl (C=O) groups excluding carboxylic acids is 1. The second-order valence-electron chi connectivity index (χ2n) is 6.82. The third-order valence-electron chi connectivity index (χ3n) is 5.00. The Bertz CT molecular complexity index is 1000. The molecule has 0 fully saturated rings. The molecule has 1 aliphatic rings. The molecule has 0 spiro atoms. The molecule has 0 unspecified atom stereocenters. The first-order valence-corrected chi connectivity index (χ1v) is 9.35. The van der Waals surface area contributed by atoms with Crippen LogP contribution in [0.25, 0.3) is 11.3 Å².